The molecule has 162 valence electrons. The molecular formula is C21H29ClF3N3O. The van der Waals surface area contributed by atoms with Gasteiger partial charge in [-0.2, -0.15) is 18.3 Å². The number of rotatable bonds is 6. The Morgan fingerprint density at radius 1 is 1.24 bits per heavy atom. The zero-order valence-corrected chi connectivity index (χ0v) is 17.7. The van der Waals surface area contributed by atoms with Crippen molar-refractivity contribution >= 4 is 17.5 Å². The van der Waals surface area contributed by atoms with Gasteiger partial charge in [-0.25, -0.2) is 0 Å². The van der Waals surface area contributed by atoms with Crippen molar-refractivity contribution in [3.63, 3.8) is 0 Å². The maximum absolute atomic E-state index is 13.0. The van der Waals surface area contributed by atoms with Gasteiger partial charge in [0.25, 0.3) is 0 Å². The van der Waals surface area contributed by atoms with Gasteiger partial charge in [0, 0.05) is 12.5 Å². The second kappa shape index (κ2) is 7.47. The number of hydrogen-bond acceptors (Lipinski definition) is 2. The molecule has 5 rings (SSSR count). The minimum atomic E-state index is -4.60. The van der Waals surface area contributed by atoms with Gasteiger partial charge in [0.2, 0.25) is 5.91 Å². The number of aryl methyl sites for hydroxylation is 1. The second-order valence-corrected chi connectivity index (χ2v) is 9.91. The normalized spacial score (nSPS) is 31.9. The highest BCUT2D eigenvalue weighted by Crippen LogP contribution is 2.61. The lowest BCUT2D eigenvalue weighted by atomic mass is 9.47. The molecule has 29 heavy (non-hydrogen) atoms. The third kappa shape index (κ3) is 3.91. The molecule has 0 saturated heterocycles. The zero-order chi connectivity index (χ0) is 21.0. The van der Waals surface area contributed by atoms with E-state index in [0.29, 0.717) is 0 Å². The quantitative estimate of drug-likeness (QED) is 0.658. The summed E-state index contributed by atoms with van der Waals surface area (Å²) in [4.78, 5) is 12.7. The highest BCUT2D eigenvalue weighted by atomic mass is 35.5. The SMILES string of the molecule is CC[C@@H](NC(=O)CCn1nc(C(F)(F)F)c(Cl)c1C)C12CC3CC(CC(C3)C1)C2. The van der Waals surface area contributed by atoms with E-state index in [4.69, 9.17) is 11.6 Å². The molecule has 1 atom stereocenters. The van der Waals surface area contributed by atoms with Crippen molar-refractivity contribution in [2.24, 2.45) is 23.2 Å². The molecule has 1 aromatic rings. The molecule has 0 unspecified atom stereocenters. The Kier molecular flexibility index (Phi) is 5.41. The average molecular weight is 432 g/mol. The summed E-state index contributed by atoms with van der Waals surface area (Å²) in [6.45, 7) is 3.70. The van der Waals surface area contributed by atoms with Crippen LogP contribution in [-0.4, -0.2) is 21.7 Å². The van der Waals surface area contributed by atoms with Gasteiger partial charge in [0.1, 0.15) is 0 Å². The van der Waals surface area contributed by atoms with Crippen molar-refractivity contribution in [2.75, 3.05) is 0 Å². The summed E-state index contributed by atoms with van der Waals surface area (Å²) in [6, 6.07) is 0.149. The van der Waals surface area contributed by atoms with Gasteiger partial charge >= 0.3 is 6.18 Å². The molecular weight excluding hydrogens is 403 g/mol. The van der Waals surface area contributed by atoms with E-state index >= 15 is 0 Å². The van der Waals surface area contributed by atoms with Crippen LogP contribution in [0.15, 0.2) is 0 Å². The summed E-state index contributed by atoms with van der Waals surface area (Å²) in [5, 5.41) is 6.43. The molecule has 4 aliphatic rings. The minimum absolute atomic E-state index is 0.0881. The number of nitrogens with zero attached hydrogens (tertiary/aromatic N) is 2. The topological polar surface area (TPSA) is 46.9 Å². The lowest BCUT2D eigenvalue weighted by Gasteiger charge is -2.59. The molecule has 4 nitrogen and oxygen atoms in total. The number of hydrogen-bond donors (Lipinski definition) is 1. The first-order chi connectivity index (χ1) is 13.6. The molecule has 0 aliphatic heterocycles. The number of aromatic nitrogens is 2. The summed E-state index contributed by atoms with van der Waals surface area (Å²) in [7, 11) is 0. The number of amides is 1. The van der Waals surface area contributed by atoms with Crippen LogP contribution in [0.5, 0.6) is 0 Å². The molecule has 4 bridgehead atoms. The summed E-state index contributed by atoms with van der Waals surface area (Å²) in [5.41, 5.74) is -0.634. The molecule has 0 radical (unpaired) electrons. The van der Waals surface area contributed by atoms with E-state index in [9.17, 15) is 18.0 Å². The van der Waals surface area contributed by atoms with Crippen LogP contribution in [0.25, 0.3) is 0 Å². The smallest absolute Gasteiger partial charge is 0.353 e. The van der Waals surface area contributed by atoms with Gasteiger partial charge in [0.15, 0.2) is 5.69 Å². The van der Waals surface area contributed by atoms with Gasteiger partial charge in [-0.05, 0) is 75.0 Å². The van der Waals surface area contributed by atoms with Gasteiger partial charge < -0.3 is 5.32 Å². The number of carbonyl (C=O) groups is 1. The van der Waals surface area contributed by atoms with E-state index in [1.807, 2.05) is 0 Å². The number of nitrogens with one attached hydrogen (secondary N) is 1. The van der Waals surface area contributed by atoms with Gasteiger partial charge in [-0.15, -0.1) is 0 Å². The van der Waals surface area contributed by atoms with E-state index < -0.39 is 16.9 Å². The average Bonchev–Trinajstić information content (AvgIpc) is 2.91. The predicted octanol–water partition coefficient (Wildman–Crippen LogP) is 5.37. The highest BCUT2D eigenvalue weighted by Gasteiger charge is 2.54. The fourth-order valence-corrected chi connectivity index (χ4v) is 6.93. The van der Waals surface area contributed by atoms with Crippen molar-refractivity contribution in [3.05, 3.63) is 16.4 Å². The van der Waals surface area contributed by atoms with Crippen LogP contribution in [0.3, 0.4) is 0 Å². The van der Waals surface area contributed by atoms with E-state index in [2.05, 4.69) is 17.3 Å². The first-order valence-corrected chi connectivity index (χ1v) is 11.1. The van der Waals surface area contributed by atoms with Gasteiger partial charge in [-0.1, -0.05) is 18.5 Å². The molecule has 0 aromatic carbocycles. The van der Waals surface area contributed by atoms with Crippen molar-refractivity contribution in [1.29, 1.82) is 0 Å². The lowest BCUT2D eigenvalue weighted by Crippen LogP contribution is -2.56. The lowest BCUT2D eigenvalue weighted by molar-refractivity contribution is -0.141. The largest absolute Gasteiger partial charge is 0.436 e. The third-order valence-corrected chi connectivity index (χ3v) is 7.97. The molecule has 1 heterocycles. The molecule has 1 amide bonds. The predicted molar refractivity (Wildman–Crippen MR) is 104 cm³/mol. The van der Waals surface area contributed by atoms with Crippen LogP contribution in [-0.2, 0) is 17.5 Å². The second-order valence-electron chi connectivity index (χ2n) is 9.53. The molecule has 0 spiro atoms. The van der Waals surface area contributed by atoms with Crippen molar-refractivity contribution < 1.29 is 18.0 Å². The number of halogens is 4. The third-order valence-electron chi connectivity index (χ3n) is 7.52. The van der Waals surface area contributed by atoms with Crippen molar-refractivity contribution in [3.8, 4) is 0 Å². The number of alkyl halides is 3. The van der Waals surface area contributed by atoms with Crippen LogP contribution >= 0.6 is 11.6 Å². The molecule has 1 aromatic heterocycles. The van der Waals surface area contributed by atoms with Crippen LogP contribution in [0.4, 0.5) is 13.2 Å². The van der Waals surface area contributed by atoms with E-state index in [0.717, 1.165) is 24.2 Å². The summed E-state index contributed by atoms with van der Waals surface area (Å²) < 4.78 is 40.1. The van der Waals surface area contributed by atoms with Crippen LogP contribution in [0, 0.1) is 30.1 Å². The Morgan fingerprint density at radius 2 is 1.79 bits per heavy atom. The summed E-state index contributed by atoms with van der Waals surface area (Å²) >= 11 is 5.79. The van der Waals surface area contributed by atoms with E-state index in [1.54, 1.807) is 0 Å². The molecule has 1 N–H and O–H groups in total. The Morgan fingerprint density at radius 3 is 2.24 bits per heavy atom. The summed E-state index contributed by atoms with van der Waals surface area (Å²) in [5.74, 6) is 2.30. The fourth-order valence-electron chi connectivity index (χ4n) is 6.69. The Labute approximate surface area is 174 Å². The maximum atomic E-state index is 13.0. The standard InChI is InChI=1S/C21H29ClF3N3O/c1-3-16(20-9-13-6-14(10-20)8-15(7-13)11-20)26-17(29)4-5-28-12(2)18(22)19(27-28)21(23,24)25/h13-16H,3-11H2,1-2H3,(H,26,29)/t13?,14?,15?,16-,20?/m1/s1. The molecule has 4 fully saturated rings. The Bertz CT molecular complexity index is 754. The van der Waals surface area contributed by atoms with Gasteiger partial charge in [0.05, 0.1) is 17.3 Å². The first-order valence-electron chi connectivity index (χ1n) is 10.7. The first kappa shape index (κ1) is 21.0. The maximum Gasteiger partial charge on any atom is 0.436 e. The van der Waals surface area contributed by atoms with E-state index in [1.165, 1.54) is 50.1 Å². The molecule has 4 saturated carbocycles. The minimum Gasteiger partial charge on any atom is -0.353 e. The number of carbonyl (C=O) groups excluding carboxylic acids is 1. The Balaban J connectivity index is 1.40. The van der Waals surface area contributed by atoms with Crippen LogP contribution in [0.1, 0.15) is 69.7 Å². The van der Waals surface area contributed by atoms with Crippen LogP contribution < -0.4 is 5.32 Å². The zero-order valence-electron chi connectivity index (χ0n) is 17.0. The highest BCUT2D eigenvalue weighted by molar-refractivity contribution is 6.31. The van der Waals surface area contributed by atoms with Crippen molar-refractivity contribution in [2.45, 2.75) is 84.0 Å². The van der Waals surface area contributed by atoms with Gasteiger partial charge in [-0.3, -0.25) is 9.48 Å². The molecule has 4 aliphatic carbocycles. The van der Waals surface area contributed by atoms with Crippen molar-refractivity contribution in [1.82, 2.24) is 15.1 Å². The monoisotopic (exact) mass is 431 g/mol. The Hall–Kier alpha value is -1.24. The van der Waals surface area contributed by atoms with E-state index in [-0.39, 0.29) is 36.0 Å². The molecule has 8 heteroatoms. The van der Waals surface area contributed by atoms with Crippen LogP contribution in [0.2, 0.25) is 5.02 Å². The fraction of sp³-hybridized carbons (Fsp3) is 0.810. The summed E-state index contributed by atoms with van der Waals surface area (Å²) in [6.07, 6.45) is 4.07.